The maximum Gasteiger partial charge on any atom is 0.294 e. The SMILES string of the molecule is CSc1cccc(NC(=O)CN2C(=O)S/C(=C\c3ccc(N(C)C)c(Br)c3)C2=O)c1. The smallest absolute Gasteiger partial charge is 0.294 e. The molecule has 0 atom stereocenters. The van der Waals surface area contributed by atoms with Crippen molar-refractivity contribution in [2.24, 2.45) is 0 Å². The van der Waals surface area contributed by atoms with E-state index in [1.165, 1.54) is 0 Å². The highest BCUT2D eigenvalue weighted by molar-refractivity contribution is 9.10. The molecular weight excluding hydrogens is 486 g/mol. The third-order valence-electron chi connectivity index (χ3n) is 4.28. The zero-order valence-electron chi connectivity index (χ0n) is 16.6. The number of thioether (sulfide) groups is 2. The van der Waals surface area contributed by atoms with Crippen LogP contribution in [0.2, 0.25) is 0 Å². The Kier molecular flexibility index (Phi) is 7.27. The Balaban J connectivity index is 1.70. The van der Waals surface area contributed by atoms with E-state index in [0.29, 0.717) is 10.6 Å². The lowest BCUT2D eigenvalue weighted by Crippen LogP contribution is -2.36. The van der Waals surface area contributed by atoms with Crippen LogP contribution in [-0.4, -0.2) is 48.8 Å². The zero-order chi connectivity index (χ0) is 21.8. The molecule has 1 N–H and O–H groups in total. The second-order valence-electron chi connectivity index (χ2n) is 6.65. The molecule has 0 aliphatic carbocycles. The van der Waals surface area contributed by atoms with Gasteiger partial charge in [0.25, 0.3) is 11.1 Å². The summed E-state index contributed by atoms with van der Waals surface area (Å²) in [5.74, 6) is -0.888. The molecule has 9 heteroatoms. The minimum absolute atomic E-state index is 0.293. The molecule has 1 fully saturated rings. The van der Waals surface area contributed by atoms with Crippen molar-refractivity contribution in [1.82, 2.24) is 4.90 Å². The number of nitrogens with zero attached hydrogens (tertiary/aromatic N) is 2. The van der Waals surface area contributed by atoms with Gasteiger partial charge in [-0.3, -0.25) is 19.3 Å². The summed E-state index contributed by atoms with van der Waals surface area (Å²) in [6.07, 6.45) is 3.61. The maximum absolute atomic E-state index is 12.7. The van der Waals surface area contributed by atoms with Gasteiger partial charge in [-0.15, -0.1) is 11.8 Å². The molecule has 6 nitrogen and oxygen atoms in total. The monoisotopic (exact) mass is 505 g/mol. The Morgan fingerprint density at radius 3 is 2.67 bits per heavy atom. The molecule has 2 aromatic carbocycles. The van der Waals surface area contributed by atoms with Gasteiger partial charge in [-0.2, -0.15) is 0 Å². The molecule has 156 valence electrons. The lowest BCUT2D eigenvalue weighted by Gasteiger charge is -2.14. The van der Waals surface area contributed by atoms with Crippen molar-refractivity contribution in [3.05, 3.63) is 57.4 Å². The average Bonchev–Trinajstić information content (AvgIpc) is 2.95. The Hall–Kier alpha value is -2.23. The predicted molar refractivity (Wildman–Crippen MR) is 128 cm³/mol. The largest absolute Gasteiger partial charge is 0.377 e. The Morgan fingerprint density at radius 2 is 2.00 bits per heavy atom. The Morgan fingerprint density at radius 1 is 1.23 bits per heavy atom. The summed E-state index contributed by atoms with van der Waals surface area (Å²) in [6, 6.07) is 13.1. The molecule has 0 unspecified atom stereocenters. The highest BCUT2D eigenvalue weighted by Gasteiger charge is 2.36. The van der Waals surface area contributed by atoms with Gasteiger partial charge in [0.2, 0.25) is 5.91 Å². The second-order valence-corrected chi connectivity index (χ2v) is 9.38. The Labute approximate surface area is 192 Å². The van der Waals surface area contributed by atoms with E-state index in [2.05, 4.69) is 21.2 Å². The van der Waals surface area contributed by atoms with Gasteiger partial charge < -0.3 is 10.2 Å². The van der Waals surface area contributed by atoms with E-state index in [-0.39, 0.29) is 6.54 Å². The number of amides is 3. The molecule has 1 saturated heterocycles. The molecule has 0 radical (unpaired) electrons. The normalized spacial score (nSPS) is 15.1. The van der Waals surface area contributed by atoms with Crippen molar-refractivity contribution in [3.8, 4) is 0 Å². The van der Waals surface area contributed by atoms with Crippen molar-refractivity contribution in [1.29, 1.82) is 0 Å². The highest BCUT2D eigenvalue weighted by atomic mass is 79.9. The van der Waals surface area contributed by atoms with Crippen LogP contribution in [0.5, 0.6) is 0 Å². The third kappa shape index (κ3) is 5.27. The number of benzene rings is 2. The van der Waals surface area contributed by atoms with E-state index in [1.54, 1.807) is 23.9 Å². The highest BCUT2D eigenvalue weighted by Crippen LogP contribution is 2.33. The van der Waals surface area contributed by atoms with E-state index in [9.17, 15) is 14.4 Å². The van der Waals surface area contributed by atoms with E-state index in [1.807, 2.05) is 61.6 Å². The van der Waals surface area contributed by atoms with Gasteiger partial charge in [-0.1, -0.05) is 12.1 Å². The molecule has 0 aromatic heterocycles. The van der Waals surface area contributed by atoms with Crippen LogP contribution in [0.3, 0.4) is 0 Å². The standard InChI is InChI=1S/C21H20BrN3O3S2/c1-24(2)17-8-7-13(9-16(17)22)10-18-20(27)25(21(28)30-18)12-19(26)23-14-5-4-6-15(11-14)29-3/h4-11H,12H2,1-3H3,(H,23,26)/b18-10-. The predicted octanol–water partition coefficient (Wildman–Crippen LogP) is 4.91. The summed E-state index contributed by atoms with van der Waals surface area (Å²) < 4.78 is 0.882. The van der Waals surface area contributed by atoms with Crippen molar-refractivity contribution in [2.75, 3.05) is 37.1 Å². The number of carbonyl (C=O) groups is 3. The van der Waals surface area contributed by atoms with Crippen LogP contribution < -0.4 is 10.2 Å². The first kappa shape index (κ1) is 22.5. The lowest BCUT2D eigenvalue weighted by molar-refractivity contribution is -0.127. The minimum Gasteiger partial charge on any atom is -0.377 e. The number of hydrogen-bond donors (Lipinski definition) is 1. The first-order valence-electron chi connectivity index (χ1n) is 8.94. The van der Waals surface area contributed by atoms with Gasteiger partial charge in [0.1, 0.15) is 6.54 Å². The zero-order valence-corrected chi connectivity index (χ0v) is 19.9. The third-order valence-corrected chi connectivity index (χ3v) is 6.55. The first-order chi connectivity index (χ1) is 14.3. The topological polar surface area (TPSA) is 69.7 Å². The van der Waals surface area contributed by atoms with Gasteiger partial charge in [0.05, 0.1) is 10.6 Å². The Bertz CT molecular complexity index is 1040. The molecule has 2 aromatic rings. The number of nitrogens with one attached hydrogen (secondary N) is 1. The number of hydrogen-bond acceptors (Lipinski definition) is 6. The molecular formula is C21H20BrN3O3S2. The fourth-order valence-electron chi connectivity index (χ4n) is 2.81. The number of rotatable bonds is 6. The molecule has 0 saturated carbocycles. The molecule has 0 spiro atoms. The summed E-state index contributed by atoms with van der Waals surface area (Å²) in [7, 11) is 3.88. The maximum atomic E-state index is 12.7. The molecule has 3 rings (SSSR count). The van der Waals surface area contributed by atoms with E-state index >= 15 is 0 Å². The lowest BCUT2D eigenvalue weighted by atomic mass is 10.2. The number of halogens is 1. The van der Waals surface area contributed by atoms with Crippen LogP contribution >= 0.6 is 39.5 Å². The van der Waals surface area contributed by atoms with Crippen LogP contribution in [0.4, 0.5) is 16.2 Å². The van der Waals surface area contributed by atoms with Crippen LogP contribution in [0.15, 0.2) is 56.7 Å². The van der Waals surface area contributed by atoms with Crippen LogP contribution in [0, 0.1) is 0 Å². The van der Waals surface area contributed by atoms with Gasteiger partial charge >= 0.3 is 0 Å². The molecule has 1 heterocycles. The number of imide groups is 1. The summed E-state index contributed by atoms with van der Waals surface area (Å²) in [5.41, 5.74) is 2.42. The number of carbonyl (C=O) groups excluding carboxylic acids is 3. The van der Waals surface area contributed by atoms with Crippen molar-refractivity contribution in [2.45, 2.75) is 4.90 Å². The van der Waals surface area contributed by atoms with Gasteiger partial charge in [-0.25, -0.2) is 0 Å². The fourth-order valence-corrected chi connectivity index (χ4v) is 4.86. The summed E-state index contributed by atoms with van der Waals surface area (Å²) in [5, 5.41) is 2.28. The average molecular weight is 506 g/mol. The van der Waals surface area contributed by atoms with Crippen LogP contribution in [0.1, 0.15) is 5.56 Å². The van der Waals surface area contributed by atoms with E-state index < -0.39 is 17.1 Å². The number of anilines is 2. The summed E-state index contributed by atoms with van der Waals surface area (Å²) >= 11 is 5.91. The van der Waals surface area contributed by atoms with Crippen molar-refractivity contribution in [3.63, 3.8) is 0 Å². The van der Waals surface area contributed by atoms with E-state index in [0.717, 1.165) is 37.3 Å². The molecule has 0 bridgehead atoms. The summed E-state index contributed by atoms with van der Waals surface area (Å²) in [6.45, 7) is -0.325. The quantitative estimate of drug-likeness (QED) is 0.444. The van der Waals surface area contributed by atoms with Crippen molar-refractivity contribution >= 4 is 74.0 Å². The molecule has 1 aliphatic rings. The first-order valence-corrected chi connectivity index (χ1v) is 11.8. The second kappa shape index (κ2) is 9.72. The minimum atomic E-state index is -0.467. The summed E-state index contributed by atoms with van der Waals surface area (Å²) in [4.78, 5) is 41.6. The molecule has 3 amide bonds. The van der Waals surface area contributed by atoms with Crippen LogP contribution in [-0.2, 0) is 9.59 Å². The van der Waals surface area contributed by atoms with Gasteiger partial charge in [0.15, 0.2) is 0 Å². The van der Waals surface area contributed by atoms with E-state index in [4.69, 9.17) is 0 Å². The molecule has 1 aliphatic heterocycles. The molecule has 30 heavy (non-hydrogen) atoms. The fraction of sp³-hybridized carbons (Fsp3) is 0.190. The van der Waals surface area contributed by atoms with Crippen LogP contribution in [0.25, 0.3) is 6.08 Å². The van der Waals surface area contributed by atoms with Crippen molar-refractivity contribution < 1.29 is 14.4 Å². The van der Waals surface area contributed by atoms with Gasteiger partial charge in [-0.05, 0) is 75.9 Å². The van der Waals surface area contributed by atoms with Gasteiger partial charge in [0, 0.05) is 29.2 Å².